The van der Waals surface area contributed by atoms with Crippen molar-refractivity contribution >= 4 is 58.3 Å². The summed E-state index contributed by atoms with van der Waals surface area (Å²) < 4.78 is 22.4. The van der Waals surface area contributed by atoms with Crippen molar-refractivity contribution in [1.29, 1.82) is 5.59 Å². The monoisotopic (exact) mass is 1120 g/mol. The predicted molar refractivity (Wildman–Crippen MR) is 317 cm³/mol. The Kier molecular flexibility index (Phi) is 27.2. The summed E-state index contributed by atoms with van der Waals surface area (Å²) in [4.78, 5) is 53.7. The van der Waals surface area contributed by atoms with Crippen LogP contribution in [0.1, 0.15) is 178 Å². The molecule has 4 aliphatic heterocycles. The lowest BCUT2D eigenvalue weighted by atomic mass is 9.95. The molecule has 2 saturated carbocycles. The molecule has 0 amide bonds. The van der Waals surface area contributed by atoms with Gasteiger partial charge in [0, 0.05) is 80.2 Å². The molecule has 21 nitrogen and oxygen atoms in total. The van der Waals surface area contributed by atoms with Gasteiger partial charge in [-0.25, -0.2) is 5.90 Å². The molecular weight excluding hydrogens is 1030 g/mol. The van der Waals surface area contributed by atoms with Gasteiger partial charge in [0.1, 0.15) is 40.9 Å². The summed E-state index contributed by atoms with van der Waals surface area (Å²) in [6.07, 6.45) is 29.2. The average molecular weight is 1120 g/mol. The van der Waals surface area contributed by atoms with Crippen LogP contribution in [0.15, 0.2) is 48.5 Å². The Hall–Kier alpha value is -6.42. The number of Topliss-reactive ketones (excluding diaryl/α,β-unsaturated/α-hetero) is 1. The Bertz CT molecular complexity index is 2450. The van der Waals surface area contributed by atoms with Crippen LogP contribution >= 0.6 is 0 Å². The minimum atomic E-state index is -0.724. The molecule has 2 aliphatic carbocycles. The minimum Gasteiger partial charge on any atom is -0.494 e. The topological polar surface area (TPSA) is 291 Å². The van der Waals surface area contributed by atoms with Crippen LogP contribution < -0.4 is 47.3 Å². The predicted octanol–water partition coefficient (Wildman–Crippen LogP) is 12.5. The lowest BCUT2D eigenvalue weighted by molar-refractivity contribution is -0.164. The molecule has 2 aromatic heterocycles. The number of nitrogens with zero attached hydrogens (tertiary/aromatic N) is 4. The zero-order valence-electron chi connectivity index (χ0n) is 47.5. The highest BCUT2D eigenvalue weighted by molar-refractivity contribution is 5.83. The van der Waals surface area contributed by atoms with Gasteiger partial charge in [0.25, 0.3) is 0 Å². The first-order valence-electron chi connectivity index (χ1n) is 30.2. The molecule has 2 aromatic carbocycles. The van der Waals surface area contributed by atoms with Gasteiger partial charge < -0.3 is 56.0 Å². The number of nitroso groups, excluding NO2 is 1. The third kappa shape index (κ3) is 21.8. The number of hydrogen-bond donors (Lipinski definition) is 9. The summed E-state index contributed by atoms with van der Waals surface area (Å²) in [7, 11) is 0. The molecule has 21 heteroatoms. The number of carboxylic acids is 1. The third-order valence-electron chi connectivity index (χ3n) is 15.4. The fourth-order valence-corrected chi connectivity index (χ4v) is 10.9. The quantitative estimate of drug-likeness (QED) is 0.0160. The van der Waals surface area contributed by atoms with Gasteiger partial charge in [0.15, 0.2) is 12.1 Å². The van der Waals surface area contributed by atoms with E-state index in [1.807, 2.05) is 48.5 Å². The second-order valence-corrected chi connectivity index (χ2v) is 21.7. The van der Waals surface area contributed by atoms with Gasteiger partial charge >= 0.3 is 5.97 Å². The summed E-state index contributed by atoms with van der Waals surface area (Å²) in [6.45, 7) is 4.66. The molecule has 0 spiro atoms. The number of rotatable bonds is 26. The van der Waals surface area contributed by atoms with E-state index >= 15 is 0 Å². The van der Waals surface area contributed by atoms with E-state index in [0.29, 0.717) is 43.6 Å². The van der Waals surface area contributed by atoms with E-state index < -0.39 is 5.97 Å². The first-order valence-corrected chi connectivity index (χ1v) is 30.2. The Labute approximate surface area is 478 Å². The molecule has 6 heterocycles. The van der Waals surface area contributed by atoms with Gasteiger partial charge in [-0.15, -0.1) is 0 Å². The second kappa shape index (κ2) is 35.4. The third-order valence-corrected chi connectivity index (χ3v) is 15.4. The molecule has 4 aromatic rings. The Morgan fingerprint density at radius 2 is 1.02 bits per heavy atom. The number of hydrogen-bond acceptors (Lipinski definition) is 20. The largest absolute Gasteiger partial charge is 0.494 e. The molecule has 444 valence electrons. The Morgan fingerprint density at radius 3 is 1.46 bits per heavy atom. The number of nitrogens with one attached hydrogen (secondary N) is 7. The summed E-state index contributed by atoms with van der Waals surface area (Å²) in [5.74, 6) is 11.1. The molecule has 0 radical (unpaired) electrons. The number of aliphatic carboxylic acids is 1. The summed E-state index contributed by atoms with van der Waals surface area (Å²) in [5.41, 5.74) is 8.75. The summed E-state index contributed by atoms with van der Waals surface area (Å²) >= 11 is 0. The molecule has 4 fully saturated rings. The van der Waals surface area contributed by atoms with Crippen LogP contribution in [0.2, 0.25) is 0 Å². The zero-order valence-corrected chi connectivity index (χ0v) is 47.5. The van der Waals surface area contributed by atoms with Crippen LogP contribution in [0.4, 0.5) is 46.5 Å². The number of ether oxygens (including phenoxy) is 4. The molecule has 81 heavy (non-hydrogen) atoms. The van der Waals surface area contributed by atoms with E-state index in [0.717, 1.165) is 169 Å². The molecule has 2 unspecified atom stereocenters. The molecule has 10 N–H and O–H groups in total. The maximum absolute atomic E-state index is 12.2. The number of nitrogens with two attached hydrogens (primary N) is 1. The lowest BCUT2D eigenvalue weighted by Crippen LogP contribution is -2.27. The van der Waals surface area contributed by atoms with Gasteiger partial charge in [-0.05, 0) is 145 Å². The van der Waals surface area contributed by atoms with Crippen LogP contribution in [0.3, 0.4) is 0 Å². The molecular formula is C60H90N12O9. The maximum Gasteiger partial charge on any atom is 0.303 e. The number of aromatic nitrogens is 4. The fourth-order valence-electron chi connectivity index (χ4n) is 10.9. The number of fused-ring (bicyclic) bond motifs is 2. The van der Waals surface area contributed by atoms with Crippen molar-refractivity contribution in [2.24, 2.45) is 5.90 Å². The van der Waals surface area contributed by atoms with Gasteiger partial charge in [-0.2, -0.15) is 24.8 Å². The highest BCUT2D eigenvalue weighted by atomic mass is 16.7. The first kappa shape index (κ1) is 62.2. The zero-order chi connectivity index (χ0) is 56.7. The van der Waals surface area contributed by atoms with E-state index in [4.69, 9.17) is 49.8 Å². The van der Waals surface area contributed by atoms with Gasteiger partial charge in [0.2, 0.25) is 11.9 Å². The number of carbonyl (C=O) groups excluding carboxylic acids is 1. The lowest BCUT2D eigenvalue weighted by Gasteiger charge is -2.24. The fraction of sp³-hybridized carbons (Fsp3) is 0.633. The molecule has 6 aliphatic rings. The van der Waals surface area contributed by atoms with Crippen LogP contribution in [-0.2, 0) is 36.7 Å². The van der Waals surface area contributed by atoms with Crippen molar-refractivity contribution in [2.45, 2.75) is 204 Å². The number of ketones is 1. The number of anilines is 8. The van der Waals surface area contributed by atoms with E-state index in [1.54, 1.807) is 0 Å². The van der Waals surface area contributed by atoms with Gasteiger partial charge in [-0.3, -0.25) is 14.4 Å². The van der Waals surface area contributed by atoms with Crippen molar-refractivity contribution in [3.63, 3.8) is 0 Å². The van der Waals surface area contributed by atoms with E-state index in [9.17, 15) is 9.59 Å². The summed E-state index contributed by atoms with van der Waals surface area (Å²) in [6, 6.07) is 16.8. The number of carboxylic acid groups (broad SMARTS) is 1. The van der Waals surface area contributed by atoms with Gasteiger partial charge in [0.05, 0.1) is 13.2 Å². The van der Waals surface area contributed by atoms with Crippen molar-refractivity contribution in [1.82, 2.24) is 19.9 Å². The number of benzene rings is 2. The van der Waals surface area contributed by atoms with Crippen LogP contribution in [0.25, 0.3) is 0 Å². The van der Waals surface area contributed by atoms with Crippen molar-refractivity contribution < 1.29 is 38.5 Å². The smallest absolute Gasteiger partial charge is 0.303 e. The van der Waals surface area contributed by atoms with Crippen LogP contribution in [0.5, 0.6) is 11.5 Å². The highest BCUT2D eigenvalue weighted by Gasteiger charge is 2.25. The number of carbonyl (C=O) groups is 2. The first-order chi connectivity index (χ1) is 39.8. The maximum atomic E-state index is 12.2. The van der Waals surface area contributed by atoms with E-state index in [2.05, 4.69) is 47.3 Å². The molecule has 0 bridgehead atoms. The molecule has 2 saturated heterocycles. The van der Waals surface area contributed by atoms with Crippen molar-refractivity contribution in [2.75, 3.05) is 71.4 Å². The van der Waals surface area contributed by atoms with Crippen LogP contribution in [-0.4, -0.2) is 101 Å². The number of unbranched alkanes of at least 4 members (excludes halogenated alkanes) is 6. The molecule has 10 rings (SSSR count). The normalized spacial score (nSPS) is 18.5. The SMILES string of the molecule is N=O.NOC1CCCCO1.O=C(CCCCCCOc1ccc(Nc2nc3c(c(NC4CCCCC4)n2)CCN3)cc1)C1CCCCO1.O=C(O)CCCCCCOc1ccc(Nc2nc3c(c(NC4CCCCC4)n2)CCN3)cc1. The second-order valence-electron chi connectivity index (χ2n) is 21.7. The Morgan fingerprint density at radius 1 is 0.568 bits per heavy atom. The van der Waals surface area contributed by atoms with Crippen molar-refractivity contribution in [3.8, 4) is 11.5 Å². The Balaban J connectivity index is 0.000000201. The van der Waals surface area contributed by atoms with E-state index in [-0.39, 0.29) is 24.6 Å². The summed E-state index contributed by atoms with van der Waals surface area (Å²) in [5, 5.41) is 29.5. The average Bonchev–Trinajstić information content (AvgIpc) is 4.21. The minimum absolute atomic E-state index is 0.135. The van der Waals surface area contributed by atoms with Crippen molar-refractivity contribution in [3.05, 3.63) is 64.6 Å². The highest BCUT2D eigenvalue weighted by Crippen LogP contribution is 2.34. The standard InChI is InChI=1S/C30H43N5O3.C25H35N5O3.C5H11NO2.HNO/c36-26(27-13-7-9-21-38-27)12-6-1-2-8-20-37-24-16-14-23(15-17-24)33-30-34-28-25(18-19-31-28)29(35-30)32-22-10-4-3-5-11-22;31-22(32)10-6-1-2-7-17-33-20-13-11-19(12-14-20)28-25-29-23-21(15-16-26-23)24(30-25)27-18-8-4-3-5-9-18;6-8-5-3-1-2-4-7-5;1-2/h14-17,22,27H,1-13,18-21H2,(H3,31,32,33,34,35);11-14,18H,1-10,15-17H2,(H,31,32)(H3,26,27,28,29,30);5H,1-4,6H2;1H. The van der Waals surface area contributed by atoms with Crippen LogP contribution in [0, 0.1) is 10.5 Å². The van der Waals surface area contributed by atoms with E-state index in [1.165, 1.54) is 81.8 Å². The van der Waals surface area contributed by atoms with Gasteiger partial charge in [-0.1, -0.05) is 69.8 Å². The molecule has 2 atom stereocenters.